The average Bonchev–Trinajstić information content (AvgIpc) is 2.79. The van der Waals surface area contributed by atoms with Gasteiger partial charge in [0, 0.05) is 25.7 Å². The Labute approximate surface area is 190 Å². The van der Waals surface area contributed by atoms with Gasteiger partial charge in [0.15, 0.2) is 0 Å². The quantitative estimate of drug-likeness (QED) is 0.695. The molecule has 2 N–H and O–H groups in total. The summed E-state index contributed by atoms with van der Waals surface area (Å²) in [4.78, 5) is 14.8. The summed E-state index contributed by atoms with van der Waals surface area (Å²) in [6, 6.07) is 20.7. The molecule has 0 bridgehead atoms. The van der Waals surface area contributed by atoms with Crippen molar-refractivity contribution in [2.24, 2.45) is 0 Å². The van der Waals surface area contributed by atoms with E-state index < -0.39 is 6.10 Å². The van der Waals surface area contributed by atoms with Gasteiger partial charge in [-0.2, -0.15) is 0 Å². The van der Waals surface area contributed by atoms with Crippen LogP contribution in [0.4, 0.5) is 0 Å². The lowest BCUT2D eigenvalue weighted by molar-refractivity contribution is -0.158. The fourth-order valence-electron chi connectivity index (χ4n) is 4.72. The maximum absolute atomic E-state index is 12.5. The molecule has 4 rings (SSSR count). The van der Waals surface area contributed by atoms with Crippen molar-refractivity contribution < 1.29 is 19.4 Å². The number of nitrogens with one attached hydrogen (secondary N) is 1. The third-order valence-electron chi connectivity index (χ3n) is 6.31. The molecule has 0 radical (unpaired) electrons. The monoisotopic (exact) mass is 438 g/mol. The number of hydrogen-bond donors (Lipinski definition) is 2. The van der Waals surface area contributed by atoms with Crippen molar-refractivity contribution in [2.75, 3.05) is 26.3 Å². The minimum Gasteiger partial charge on any atom is -0.389 e. The predicted octanol–water partition coefficient (Wildman–Crippen LogP) is 2.54. The lowest BCUT2D eigenvalue weighted by atomic mass is 9.94. The highest BCUT2D eigenvalue weighted by Crippen LogP contribution is 2.28. The molecule has 0 saturated carbocycles. The van der Waals surface area contributed by atoms with E-state index in [4.69, 9.17) is 9.47 Å². The van der Waals surface area contributed by atoms with E-state index in [9.17, 15) is 9.90 Å². The maximum atomic E-state index is 12.5. The molecule has 1 amide bonds. The maximum Gasteiger partial charge on any atom is 0.222 e. The van der Waals surface area contributed by atoms with E-state index in [0.717, 1.165) is 25.8 Å². The van der Waals surface area contributed by atoms with E-state index >= 15 is 0 Å². The SMILES string of the molecule is O=C(C[C@H]1CC[C@@H]2[C@H](COC[C@@H](O)CN2Cc2ccccc2)O1)NCCc1ccccc1. The molecule has 32 heavy (non-hydrogen) atoms. The van der Waals surface area contributed by atoms with Crippen LogP contribution in [0.15, 0.2) is 60.7 Å². The molecule has 2 aliphatic rings. The summed E-state index contributed by atoms with van der Waals surface area (Å²) in [5.41, 5.74) is 2.44. The average molecular weight is 439 g/mol. The number of rotatable bonds is 7. The molecule has 2 heterocycles. The van der Waals surface area contributed by atoms with Crippen LogP contribution in [0.5, 0.6) is 0 Å². The van der Waals surface area contributed by atoms with Crippen molar-refractivity contribution in [1.82, 2.24) is 10.2 Å². The van der Waals surface area contributed by atoms with Crippen LogP contribution in [-0.2, 0) is 27.2 Å². The third kappa shape index (κ3) is 6.62. The first-order valence-corrected chi connectivity index (χ1v) is 11.7. The number of amides is 1. The largest absolute Gasteiger partial charge is 0.389 e. The smallest absolute Gasteiger partial charge is 0.222 e. The van der Waals surface area contributed by atoms with Crippen molar-refractivity contribution in [3.63, 3.8) is 0 Å². The fraction of sp³-hybridized carbons (Fsp3) is 0.500. The Hall–Kier alpha value is -2.25. The molecular formula is C26H34N2O4. The van der Waals surface area contributed by atoms with Crippen LogP contribution in [0.25, 0.3) is 0 Å². The van der Waals surface area contributed by atoms with Gasteiger partial charge in [-0.3, -0.25) is 9.69 Å². The molecule has 0 spiro atoms. The summed E-state index contributed by atoms with van der Waals surface area (Å²) in [5.74, 6) is 0.0349. The van der Waals surface area contributed by atoms with Crippen molar-refractivity contribution in [3.8, 4) is 0 Å². The van der Waals surface area contributed by atoms with Crippen molar-refractivity contribution >= 4 is 5.91 Å². The molecule has 0 unspecified atom stereocenters. The van der Waals surface area contributed by atoms with Crippen LogP contribution in [0.1, 0.15) is 30.4 Å². The number of carbonyl (C=O) groups is 1. The van der Waals surface area contributed by atoms with E-state index in [1.54, 1.807) is 0 Å². The van der Waals surface area contributed by atoms with E-state index in [2.05, 4.69) is 34.5 Å². The second-order valence-corrected chi connectivity index (χ2v) is 8.84. The number of fused-ring (bicyclic) bond motifs is 1. The Kier molecular flexibility index (Phi) is 8.29. The zero-order valence-corrected chi connectivity index (χ0v) is 18.6. The molecule has 6 heteroatoms. The number of ether oxygens (including phenoxy) is 2. The van der Waals surface area contributed by atoms with Crippen LogP contribution in [0.3, 0.4) is 0 Å². The van der Waals surface area contributed by atoms with Crippen molar-refractivity contribution in [3.05, 3.63) is 71.8 Å². The van der Waals surface area contributed by atoms with Crippen LogP contribution in [-0.4, -0.2) is 66.6 Å². The minimum absolute atomic E-state index is 0.0349. The molecule has 2 fully saturated rings. The number of carbonyl (C=O) groups excluding carboxylic acids is 1. The van der Waals surface area contributed by atoms with Gasteiger partial charge in [-0.15, -0.1) is 0 Å². The number of β-amino-alcohol motifs (C(OH)–C–C–N with tert-alkyl or cyclic N) is 1. The second-order valence-electron chi connectivity index (χ2n) is 8.84. The lowest BCUT2D eigenvalue weighted by Gasteiger charge is -2.44. The van der Waals surface area contributed by atoms with Gasteiger partial charge in [0.05, 0.1) is 37.9 Å². The number of nitrogens with zero attached hydrogens (tertiary/aromatic N) is 1. The molecule has 2 saturated heterocycles. The van der Waals surface area contributed by atoms with Crippen LogP contribution < -0.4 is 5.32 Å². The molecule has 2 aromatic rings. The highest BCUT2D eigenvalue weighted by Gasteiger charge is 2.37. The first-order chi connectivity index (χ1) is 15.7. The van der Waals surface area contributed by atoms with Gasteiger partial charge in [-0.1, -0.05) is 60.7 Å². The van der Waals surface area contributed by atoms with Crippen molar-refractivity contribution in [1.29, 1.82) is 0 Å². The third-order valence-corrected chi connectivity index (χ3v) is 6.31. The highest BCUT2D eigenvalue weighted by molar-refractivity contribution is 5.76. The first kappa shape index (κ1) is 22.9. The number of hydrogen-bond acceptors (Lipinski definition) is 5. The number of aliphatic hydroxyl groups is 1. The standard InChI is InChI=1S/C26H34N2O4/c29-22-17-28(16-21-9-5-2-6-10-21)24-12-11-23(32-25(24)19-31-18-22)15-26(30)27-14-13-20-7-3-1-4-8-20/h1-10,22-25,29H,11-19H2,(H,27,30)/t22-,23+,24+,25-/m0/s1. The van der Waals surface area contributed by atoms with Crippen LogP contribution >= 0.6 is 0 Å². The van der Waals surface area contributed by atoms with Crippen LogP contribution in [0, 0.1) is 0 Å². The van der Waals surface area contributed by atoms with Gasteiger partial charge in [0.2, 0.25) is 5.91 Å². The fourth-order valence-corrected chi connectivity index (χ4v) is 4.72. The van der Waals surface area contributed by atoms with Crippen molar-refractivity contribution in [2.45, 2.75) is 56.6 Å². The van der Waals surface area contributed by atoms with Gasteiger partial charge in [0.25, 0.3) is 0 Å². The van der Waals surface area contributed by atoms with Gasteiger partial charge < -0.3 is 19.9 Å². The van der Waals surface area contributed by atoms with E-state index in [1.165, 1.54) is 11.1 Å². The summed E-state index contributed by atoms with van der Waals surface area (Å²) >= 11 is 0. The summed E-state index contributed by atoms with van der Waals surface area (Å²) in [7, 11) is 0. The Morgan fingerprint density at radius 2 is 1.72 bits per heavy atom. The highest BCUT2D eigenvalue weighted by atomic mass is 16.5. The van der Waals surface area contributed by atoms with E-state index in [-0.39, 0.29) is 24.2 Å². The summed E-state index contributed by atoms with van der Waals surface area (Å²) < 4.78 is 12.1. The first-order valence-electron chi connectivity index (χ1n) is 11.7. The Morgan fingerprint density at radius 1 is 1.00 bits per heavy atom. The molecule has 0 aliphatic carbocycles. The molecule has 2 aliphatic heterocycles. The van der Waals surface area contributed by atoms with Gasteiger partial charge in [-0.05, 0) is 30.4 Å². The summed E-state index contributed by atoms with van der Waals surface area (Å²) in [5, 5.41) is 13.4. The Bertz CT molecular complexity index is 832. The number of benzene rings is 2. The zero-order chi connectivity index (χ0) is 22.2. The topological polar surface area (TPSA) is 71.0 Å². The van der Waals surface area contributed by atoms with Crippen LogP contribution in [0.2, 0.25) is 0 Å². The van der Waals surface area contributed by atoms with Gasteiger partial charge in [0.1, 0.15) is 0 Å². The molecular weight excluding hydrogens is 404 g/mol. The van der Waals surface area contributed by atoms with E-state index in [1.807, 2.05) is 36.4 Å². The number of aliphatic hydroxyl groups excluding tert-OH is 1. The van der Waals surface area contributed by atoms with Gasteiger partial charge >= 0.3 is 0 Å². The molecule has 4 atom stereocenters. The molecule has 2 aromatic carbocycles. The second kappa shape index (κ2) is 11.6. The minimum atomic E-state index is -0.507. The Morgan fingerprint density at radius 3 is 2.47 bits per heavy atom. The lowest BCUT2D eigenvalue weighted by Crippen LogP contribution is -2.55. The summed E-state index contributed by atoms with van der Waals surface area (Å²) in [6.45, 7) is 2.71. The summed E-state index contributed by atoms with van der Waals surface area (Å²) in [6.07, 6.45) is 2.26. The van der Waals surface area contributed by atoms with E-state index in [0.29, 0.717) is 32.7 Å². The van der Waals surface area contributed by atoms with Gasteiger partial charge in [-0.25, -0.2) is 0 Å². The normalized spacial score (nSPS) is 26.5. The zero-order valence-electron chi connectivity index (χ0n) is 18.6. The Balaban J connectivity index is 1.30. The predicted molar refractivity (Wildman–Crippen MR) is 123 cm³/mol. The molecule has 0 aromatic heterocycles. The molecule has 172 valence electrons. The molecule has 6 nitrogen and oxygen atoms in total.